The number of phenolic OH excluding ortho intramolecular Hbond substituents is 2. The molecule has 1 aromatic rings. The molecule has 11 nitrogen and oxygen atoms in total. The molecule has 5 N–H and O–H groups in total. The van der Waals surface area contributed by atoms with Gasteiger partial charge in [-0.1, -0.05) is 36.8 Å². The number of carbonyl (C=O) groups excluding carboxylic acids is 2. The average Bonchev–Trinajstić information content (AvgIpc) is 2.91. The predicted molar refractivity (Wildman–Crippen MR) is 156 cm³/mol. The Kier molecular flexibility index (Phi) is 12.4. The molecular formula is C30H42N2O9. The summed E-state index contributed by atoms with van der Waals surface area (Å²) in [6.07, 6.45) is 5.32. The van der Waals surface area contributed by atoms with E-state index in [0.29, 0.717) is 12.0 Å². The zero-order valence-electron chi connectivity index (χ0n) is 24.9. The van der Waals surface area contributed by atoms with Crippen LogP contribution < -0.4 is 15.8 Å². The summed E-state index contributed by atoms with van der Waals surface area (Å²) < 4.78 is 28.0. The Morgan fingerprint density at radius 3 is 2.32 bits per heavy atom. The molecule has 0 fully saturated rings. The number of aromatic hydroxyl groups is 2. The van der Waals surface area contributed by atoms with Crippen molar-refractivity contribution in [3.8, 4) is 17.2 Å². The summed E-state index contributed by atoms with van der Waals surface area (Å²) in [7, 11) is 5.99. The number of hydrogen-bond acceptors (Lipinski definition) is 9. The fourth-order valence-corrected chi connectivity index (χ4v) is 4.82. The number of fused-ring (bicyclic) bond motifs is 2. The van der Waals surface area contributed by atoms with E-state index in [0.717, 1.165) is 5.57 Å². The van der Waals surface area contributed by atoms with Gasteiger partial charge in [0.25, 0.3) is 5.91 Å². The number of rotatable bonds is 5. The van der Waals surface area contributed by atoms with Crippen LogP contribution in [0.3, 0.4) is 0 Å². The lowest BCUT2D eigenvalue weighted by atomic mass is 9.91. The third kappa shape index (κ3) is 8.59. The Labute approximate surface area is 241 Å². The van der Waals surface area contributed by atoms with Crippen molar-refractivity contribution in [1.82, 2.24) is 0 Å². The highest BCUT2D eigenvalue weighted by molar-refractivity contribution is 6.05. The van der Waals surface area contributed by atoms with Crippen LogP contribution in [0.4, 0.5) is 10.5 Å². The van der Waals surface area contributed by atoms with Crippen LogP contribution in [0.1, 0.15) is 39.7 Å². The molecule has 41 heavy (non-hydrogen) atoms. The van der Waals surface area contributed by atoms with Crippen LogP contribution in [0.15, 0.2) is 47.1 Å². The fourth-order valence-electron chi connectivity index (χ4n) is 4.82. The summed E-state index contributed by atoms with van der Waals surface area (Å²) in [5, 5.41) is 24.3. The molecule has 0 spiro atoms. The standard InChI is InChI=1S/C30H42N2O9/c1-16-12-20-25(34)21(15-22(33)28(20)40-8)32-29(35)17(2)10-9-11-23(37-5)27(41-30(31)36)19(4)14-18(3)26(39-7)24(13-16)38-6/h9-12,14-15,18,23-24,26-27,33-34H,13H2,1-8H3,(H2,31,36)(H,32,35)/t18-,23?,24-,26+,27-/m0/s1. The van der Waals surface area contributed by atoms with Crippen molar-refractivity contribution in [2.24, 2.45) is 11.7 Å². The summed E-state index contributed by atoms with van der Waals surface area (Å²) >= 11 is 0. The molecule has 2 rings (SSSR count). The lowest BCUT2D eigenvalue weighted by molar-refractivity contribution is -0.112. The zero-order valence-corrected chi connectivity index (χ0v) is 24.9. The number of anilines is 1. The number of allylic oxidation sites excluding steroid dienone is 2. The zero-order chi connectivity index (χ0) is 30.9. The Bertz CT molecular complexity index is 1220. The van der Waals surface area contributed by atoms with E-state index in [1.54, 1.807) is 46.3 Å². The molecule has 0 aliphatic carbocycles. The molecule has 2 amide bonds. The van der Waals surface area contributed by atoms with Crippen LogP contribution in [0.2, 0.25) is 0 Å². The van der Waals surface area contributed by atoms with Crippen molar-refractivity contribution in [3.63, 3.8) is 0 Å². The molecule has 1 heterocycles. The second-order valence-electron chi connectivity index (χ2n) is 9.92. The Balaban J connectivity index is 2.75. The number of benzene rings is 1. The molecular weight excluding hydrogens is 532 g/mol. The number of hydrogen-bond donors (Lipinski definition) is 4. The highest BCUT2D eigenvalue weighted by Gasteiger charge is 2.30. The minimum Gasteiger partial charge on any atom is -0.505 e. The first kappa shape index (κ1) is 33.4. The van der Waals surface area contributed by atoms with Crippen LogP contribution in [0, 0.1) is 5.92 Å². The van der Waals surface area contributed by atoms with Crippen molar-refractivity contribution in [2.75, 3.05) is 33.8 Å². The summed E-state index contributed by atoms with van der Waals surface area (Å²) in [5.74, 6) is -1.22. The Morgan fingerprint density at radius 1 is 1.07 bits per heavy atom. The smallest absolute Gasteiger partial charge is 0.405 e. The topological polar surface area (TPSA) is 159 Å². The van der Waals surface area contributed by atoms with E-state index < -0.39 is 36.4 Å². The number of nitrogens with two attached hydrogens (primary N) is 1. The number of methoxy groups -OCH3 is 4. The first-order valence-corrected chi connectivity index (χ1v) is 13.1. The Hall–Kier alpha value is -3.80. The predicted octanol–water partition coefficient (Wildman–Crippen LogP) is 4.45. The SMILES string of the molecule is COc1c(O)cc2c(O)c1C=C(C)C[C@H](OC)[C@H](OC)[C@@H](C)C=C(C)[C@H](OC(N)=O)C(OC)C=CC=C(C)C(=O)N2. The lowest BCUT2D eigenvalue weighted by Gasteiger charge is -2.30. The maximum Gasteiger partial charge on any atom is 0.405 e. The lowest BCUT2D eigenvalue weighted by Crippen LogP contribution is -2.37. The highest BCUT2D eigenvalue weighted by atomic mass is 16.6. The van der Waals surface area contributed by atoms with Gasteiger partial charge in [0.05, 0.1) is 30.6 Å². The molecule has 1 unspecified atom stereocenters. The minimum absolute atomic E-state index is 0.00167. The normalized spacial score (nSPS) is 24.5. The van der Waals surface area contributed by atoms with Gasteiger partial charge in [0.1, 0.15) is 11.9 Å². The molecule has 0 radical (unpaired) electrons. The first-order chi connectivity index (χ1) is 19.4. The molecule has 0 saturated carbocycles. The van der Waals surface area contributed by atoms with E-state index in [1.165, 1.54) is 26.4 Å². The van der Waals surface area contributed by atoms with E-state index in [-0.39, 0.29) is 40.0 Å². The van der Waals surface area contributed by atoms with E-state index in [1.807, 2.05) is 19.9 Å². The number of ether oxygens (including phenoxy) is 5. The van der Waals surface area contributed by atoms with Gasteiger partial charge in [-0.05, 0) is 38.8 Å². The highest BCUT2D eigenvalue weighted by Crippen LogP contribution is 2.43. The third-order valence-corrected chi connectivity index (χ3v) is 6.89. The first-order valence-electron chi connectivity index (χ1n) is 13.1. The number of amides is 2. The number of nitrogens with one attached hydrogen (secondary N) is 1. The van der Waals surface area contributed by atoms with Gasteiger partial charge in [-0.3, -0.25) is 4.79 Å². The van der Waals surface area contributed by atoms with Gasteiger partial charge in [-0.25, -0.2) is 4.79 Å². The molecule has 1 aliphatic rings. The van der Waals surface area contributed by atoms with Crippen LogP contribution >= 0.6 is 0 Å². The van der Waals surface area contributed by atoms with Crippen LogP contribution in [-0.2, 0) is 23.7 Å². The number of carbonyl (C=O) groups is 2. The maximum atomic E-state index is 12.9. The molecule has 226 valence electrons. The van der Waals surface area contributed by atoms with Crippen LogP contribution in [-0.4, -0.2) is 75.1 Å². The minimum atomic E-state index is -0.964. The van der Waals surface area contributed by atoms with Crippen molar-refractivity contribution in [3.05, 3.63) is 52.7 Å². The summed E-state index contributed by atoms with van der Waals surface area (Å²) in [6, 6.07) is 1.21. The van der Waals surface area contributed by atoms with E-state index in [9.17, 15) is 19.8 Å². The van der Waals surface area contributed by atoms with Gasteiger partial charge in [-0.15, -0.1) is 0 Å². The van der Waals surface area contributed by atoms with Crippen molar-refractivity contribution < 1.29 is 43.5 Å². The van der Waals surface area contributed by atoms with Crippen LogP contribution in [0.25, 0.3) is 6.08 Å². The van der Waals surface area contributed by atoms with Gasteiger partial charge >= 0.3 is 6.09 Å². The molecule has 0 saturated heterocycles. The molecule has 1 aromatic carbocycles. The quantitative estimate of drug-likeness (QED) is 0.226. The van der Waals surface area contributed by atoms with E-state index >= 15 is 0 Å². The summed E-state index contributed by atoms with van der Waals surface area (Å²) in [5.41, 5.74) is 7.31. The number of primary amides is 1. The molecule has 5 atom stereocenters. The third-order valence-electron chi connectivity index (χ3n) is 6.89. The second kappa shape index (κ2) is 15.3. The maximum absolute atomic E-state index is 12.9. The molecule has 2 bridgehead atoms. The van der Waals surface area contributed by atoms with Gasteiger partial charge in [0.15, 0.2) is 17.6 Å². The van der Waals surface area contributed by atoms with Crippen molar-refractivity contribution >= 4 is 23.8 Å². The van der Waals surface area contributed by atoms with Crippen molar-refractivity contribution in [2.45, 2.75) is 58.5 Å². The van der Waals surface area contributed by atoms with Crippen LogP contribution in [0.5, 0.6) is 17.2 Å². The average molecular weight is 575 g/mol. The van der Waals surface area contributed by atoms with Crippen molar-refractivity contribution in [1.29, 1.82) is 0 Å². The van der Waals surface area contributed by atoms with E-state index in [4.69, 9.17) is 29.4 Å². The van der Waals surface area contributed by atoms with Gasteiger partial charge in [0.2, 0.25) is 0 Å². The van der Waals surface area contributed by atoms with Gasteiger partial charge < -0.3 is 44.9 Å². The second-order valence-corrected chi connectivity index (χ2v) is 9.92. The summed E-state index contributed by atoms with van der Waals surface area (Å²) in [6.45, 7) is 7.17. The molecule has 11 heteroatoms. The largest absolute Gasteiger partial charge is 0.505 e. The van der Waals surface area contributed by atoms with Gasteiger partial charge in [-0.2, -0.15) is 0 Å². The summed E-state index contributed by atoms with van der Waals surface area (Å²) in [4.78, 5) is 24.7. The van der Waals surface area contributed by atoms with E-state index in [2.05, 4.69) is 5.32 Å². The number of phenols is 2. The monoisotopic (exact) mass is 574 g/mol. The molecule has 0 aromatic heterocycles. The Morgan fingerprint density at radius 2 is 1.76 bits per heavy atom. The van der Waals surface area contributed by atoms with Gasteiger partial charge in [0, 0.05) is 38.9 Å². The molecule has 1 aliphatic heterocycles. The fraction of sp³-hybridized carbons (Fsp3) is 0.467.